The molecule has 2 aromatic rings. The number of carbonyl (C=O) groups is 1. The topological polar surface area (TPSA) is 62.2 Å². The molecular weight excluding hydrogens is 276 g/mol. The average Bonchev–Trinajstić information content (AvgIpc) is 2.41. The van der Waals surface area contributed by atoms with E-state index in [1.165, 1.54) is 17.7 Å². The van der Waals surface area contributed by atoms with Gasteiger partial charge >= 0.3 is 5.97 Å². The maximum absolute atomic E-state index is 11.1. The van der Waals surface area contributed by atoms with Crippen LogP contribution < -0.4 is 5.32 Å². The van der Waals surface area contributed by atoms with E-state index in [-0.39, 0.29) is 16.5 Å². The number of halogens is 1. The Morgan fingerprint density at radius 2 is 1.95 bits per heavy atom. The third-order valence-corrected chi connectivity index (χ3v) is 3.06. The van der Waals surface area contributed by atoms with E-state index in [0.717, 1.165) is 18.5 Å². The molecule has 5 heteroatoms. The molecule has 0 fully saturated rings. The Bertz CT molecular complexity index is 612. The molecule has 20 heavy (non-hydrogen) atoms. The lowest BCUT2D eigenvalue weighted by atomic mass is 10.1. The fourth-order valence-corrected chi connectivity index (χ4v) is 2.03. The predicted octanol–water partition coefficient (Wildman–Crippen LogP) is 4.13. The summed E-state index contributed by atoms with van der Waals surface area (Å²) in [6, 6.07) is 10.7. The zero-order valence-electron chi connectivity index (χ0n) is 11.1. The van der Waals surface area contributed by atoms with Gasteiger partial charge in [-0.1, -0.05) is 37.1 Å². The number of aromatic carboxylic acids is 1. The summed E-state index contributed by atoms with van der Waals surface area (Å²) in [4.78, 5) is 15.2. The van der Waals surface area contributed by atoms with Crippen molar-refractivity contribution in [1.29, 1.82) is 0 Å². The number of nitrogens with one attached hydrogen (secondary N) is 1. The van der Waals surface area contributed by atoms with Crippen LogP contribution in [0.25, 0.3) is 0 Å². The predicted molar refractivity (Wildman–Crippen MR) is 79.9 cm³/mol. The maximum atomic E-state index is 11.1. The molecule has 0 saturated carbocycles. The first-order valence-electron chi connectivity index (χ1n) is 6.36. The van der Waals surface area contributed by atoms with Crippen molar-refractivity contribution in [3.63, 3.8) is 0 Å². The number of carboxylic acids is 1. The van der Waals surface area contributed by atoms with E-state index in [1.54, 1.807) is 0 Å². The number of carboxylic acid groups (broad SMARTS) is 1. The number of aromatic nitrogens is 1. The average molecular weight is 291 g/mol. The molecule has 0 unspecified atom stereocenters. The molecule has 2 rings (SSSR count). The van der Waals surface area contributed by atoms with E-state index in [9.17, 15) is 4.79 Å². The van der Waals surface area contributed by atoms with E-state index in [0.29, 0.717) is 0 Å². The number of hydrogen-bond donors (Lipinski definition) is 2. The second-order valence-corrected chi connectivity index (χ2v) is 4.79. The van der Waals surface area contributed by atoms with Crippen LogP contribution in [0.4, 0.5) is 11.5 Å². The van der Waals surface area contributed by atoms with Gasteiger partial charge in [0.25, 0.3) is 0 Å². The standard InChI is InChI=1S/C15H15ClN2O2/c1-2-3-10-4-6-11(7-5-10)17-14-12(15(19)20)8-9-13(16)18-14/h4-9H,2-3H2,1H3,(H,17,18)(H,19,20). The highest BCUT2D eigenvalue weighted by molar-refractivity contribution is 6.29. The van der Waals surface area contributed by atoms with Crippen molar-refractivity contribution in [2.45, 2.75) is 19.8 Å². The molecule has 0 aliphatic rings. The third-order valence-electron chi connectivity index (χ3n) is 2.85. The van der Waals surface area contributed by atoms with Crippen molar-refractivity contribution >= 4 is 29.1 Å². The number of aryl methyl sites for hydroxylation is 1. The molecule has 0 spiro atoms. The molecular formula is C15H15ClN2O2. The van der Waals surface area contributed by atoms with Crippen molar-refractivity contribution in [3.05, 3.63) is 52.7 Å². The van der Waals surface area contributed by atoms with Crippen LogP contribution in [0.3, 0.4) is 0 Å². The minimum Gasteiger partial charge on any atom is -0.478 e. The molecule has 1 heterocycles. The molecule has 0 bridgehead atoms. The number of pyridine rings is 1. The molecule has 104 valence electrons. The van der Waals surface area contributed by atoms with E-state index in [1.807, 2.05) is 24.3 Å². The molecule has 2 N–H and O–H groups in total. The molecule has 0 amide bonds. The van der Waals surface area contributed by atoms with Crippen LogP contribution in [0.5, 0.6) is 0 Å². The van der Waals surface area contributed by atoms with Gasteiger partial charge < -0.3 is 10.4 Å². The van der Waals surface area contributed by atoms with Crippen LogP contribution in [0.2, 0.25) is 5.15 Å². The summed E-state index contributed by atoms with van der Waals surface area (Å²) in [6.07, 6.45) is 2.11. The van der Waals surface area contributed by atoms with Crippen LogP contribution in [0, 0.1) is 0 Å². The summed E-state index contributed by atoms with van der Waals surface area (Å²) in [7, 11) is 0. The second kappa shape index (κ2) is 6.39. The molecule has 4 nitrogen and oxygen atoms in total. The number of benzene rings is 1. The molecule has 0 saturated heterocycles. The van der Waals surface area contributed by atoms with Gasteiger partial charge in [-0.05, 0) is 36.2 Å². The highest BCUT2D eigenvalue weighted by atomic mass is 35.5. The molecule has 1 aromatic carbocycles. The zero-order valence-corrected chi connectivity index (χ0v) is 11.8. The first-order valence-corrected chi connectivity index (χ1v) is 6.73. The summed E-state index contributed by atoms with van der Waals surface area (Å²) < 4.78 is 0. The van der Waals surface area contributed by atoms with E-state index in [4.69, 9.17) is 16.7 Å². The van der Waals surface area contributed by atoms with Gasteiger partial charge in [-0.15, -0.1) is 0 Å². The van der Waals surface area contributed by atoms with E-state index < -0.39 is 5.97 Å². The normalized spacial score (nSPS) is 10.3. The van der Waals surface area contributed by atoms with Crippen molar-refractivity contribution in [3.8, 4) is 0 Å². The van der Waals surface area contributed by atoms with Gasteiger partial charge in [-0.3, -0.25) is 0 Å². The summed E-state index contributed by atoms with van der Waals surface area (Å²) in [6.45, 7) is 2.13. The van der Waals surface area contributed by atoms with Gasteiger partial charge in [0.2, 0.25) is 0 Å². The minimum absolute atomic E-state index is 0.0898. The molecule has 0 radical (unpaired) electrons. The highest BCUT2D eigenvalue weighted by Gasteiger charge is 2.12. The van der Waals surface area contributed by atoms with Crippen molar-refractivity contribution in [2.75, 3.05) is 5.32 Å². The Morgan fingerprint density at radius 3 is 2.55 bits per heavy atom. The van der Waals surface area contributed by atoms with Crippen LogP contribution in [0.15, 0.2) is 36.4 Å². The minimum atomic E-state index is -1.04. The first-order chi connectivity index (χ1) is 9.60. The Hall–Kier alpha value is -2.07. The van der Waals surface area contributed by atoms with E-state index in [2.05, 4.69) is 17.2 Å². The lowest BCUT2D eigenvalue weighted by molar-refractivity contribution is 0.0697. The van der Waals surface area contributed by atoms with Crippen molar-refractivity contribution in [2.24, 2.45) is 0 Å². The van der Waals surface area contributed by atoms with Crippen LogP contribution in [-0.2, 0) is 6.42 Å². The van der Waals surface area contributed by atoms with Gasteiger partial charge in [-0.2, -0.15) is 0 Å². The second-order valence-electron chi connectivity index (χ2n) is 4.41. The Balaban J connectivity index is 2.25. The maximum Gasteiger partial charge on any atom is 0.339 e. The SMILES string of the molecule is CCCc1ccc(Nc2nc(Cl)ccc2C(=O)O)cc1. The van der Waals surface area contributed by atoms with Gasteiger partial charge in [0, 0.05) is 5.69 Å². The smallest absolute Gasteiger partial charge is 0.339 e. The quantitative estimate of drug-likeness (QED) is 0.813. The first kappa shape index (κ1) is 14.3. The Morgan fingerprint density at radius 1 is 1.25 bits per heavy atom. The summed E-state index contributed by atoms with van der Waals surface area (Å²) >= 11 is 5.81. The zero-order chi connectivity index (χ0) is 14.5. The summed E-state index contributed by atoms with van der Waals surface area (Å²) in [5, 5.41) is 12.4. The van der Waals surface area contributed by atoms with Crippen LogP contribution >= 0.6 is 11.6 Å². The third kappa shape index (κ3) is 3.48. The fourth-order valence-electron chi connectivity index (χ4n) is 1.88. The molecule has 0 aliphatic heterocycles. The largest absolute Gasteiger partial charge is 0.478 e. The Labute approximate surface area is 122 Å². The number of nitrogens with zero attached hydrogens (tertiary/aromatic N) is 1. The van der Waals surface area contributed by atoms with Crippen LogP contribution in [0.1, 0.15) is 29.3 Å². The fraction of sp³-hybridized carbons (Fsp3) is 0.200. The number of anilines is 2. The lowest BCUT2D eigenvalue weighted by Gasteiger charge is -2.09. The molecule has 0 aliphatic carbocycles. The van der Waals surface area contributed by atoms with Gasteiger partial charge in [0.15, 0.2) is 0 Å². The number of rotatable bonds is 5. The highest BCUT2D eigenvalue weighted by Crippen LogP contribution is 2.22. The molecule has 0 atom stereocenters. The van der Waals surface area contributed by atoms with Crippen molar-refractivity contribution < 1.29 is 9.90 Å². The summed E-state index contributed by atoms with van der Waals surface area (Å²) in [5.74, 6) is -0.799. The van der Waals surface area contributed by atoms with E-state index >= 15 is 0 Å². The lowest BCUT2D eigenvalue weighted by Crippen LogP contribution is -2.05. The van der Waals surface area contributed by atoms with Crippen LogP contribution in [-0.4, -0.2) is 16.1 Å². The van der Waals surface area contributed by atoms with Crippen molar-refractivity contribution in [1.82, 2.24) is 4.98 Å². The Kier molecular flexibility index (Phi) is 4.58. The van der Waals surface area contributed by atoms with Gasteiger partial charge in [0.1, 0.15) is 16.5 Å². The number of hydrogen-bond acceptors (Lipinski definition) is 3. The van der Waals surface area contributed by atoms with Gasteiger partial charge in [0.05, 0.1) is 0 Å². The molecule has 1 aromatic heterocycles. The summed E-state index contributed by atoms with van der Waals surface area (Å²) in [5.41, 5.74) is 2.12. The van der Waals surface area contributed by atoms with Gasteiger partial charge in [-0.25, -0.2) is 9.78 Å². The monoisotopic (exact) mass is 290 g/mol.